The molecule has 1 aliphatic rings. The maximum Gasteiger partial charge on any atom is 0.271 e. The summed E-state index contributed by atoms with van der Waals surface area (Å²) in [6, 6.07) is 5.17. The molecule has 0 unspecified atom stereocenters. The SMILES string of the molecule is Cc1cc(C)c(NCC(=O)c2cc(S(=O)(=O)C3CC3)cc3c2c(C)cn3C(C)C)c(=O)[nH]1. The van der Waals surface area contributed by atoms with Crippen LogP contribution in [-0.2, 0) is 9.84 Å². The zero-order valence-electron chi connectivity index (χ0n) is 19.1. The van der Waals surface area contributed by atoms with Crippen molar-refractivity contribution in [1.29, 1.82) is 0 Å². The van der Waals surface area contributed by atoms with Gasteiger partial charge in [-0.2, -0.15) is 0 Å². The zero-order chi connectivity index (χ0) is 23.4. The molecule has 2 N–H and O–H groups in total. The fourth-order valence-electron chi connectivity index (χ4n) is 4.28. The van der Waals surface area contributed by atoms with Gasteiger partial charge in [-0.1, -0.05) is 0 Å². The molecular formula is C24H29N3O4S. The van der Waals surface area contributed by atoms with E-state index in [0.717, 1.165) is 27.7 Å². The van der Waals surface area contributed by atoms with E-state index in [-0.39, 0.29) is 34.1 Å². The molecule has 8 heteroatoms. The van der Waals surface area contributed by atoms with E-state index in [1.54, 1.807) is 13.0 Å². The first-order chi connectivity index (χ1) is 15.0. The van der Waals surface area contributed by atoms with Gasteiger partial charge in [-0.3, -0.25) is 9.59 Å². The van der Waals surface area contributed by atoms with Crippen LogP contribution in [0, 0.1) is 20.8 Å². The maximum atomic E-state index is 13.3. The Balaban J connectivity index is 1.80. The topological polar surface area (TPSA) is 101 Å². The van der Waals surface area contributed by atoms with Crippen molar-refractivity contribution in [1.82, 2.24) is 9.55 Å². The number of Topliss-reactive ketones (excluding diaryl/α,β-unsaturated/α-hetero) is 1. The van der Waals surface area contributed by atoms with Gasteiger partial charge in [0.2, 0.25) is 0 Å². The van der Waals surface area contributed by atoms with E-state index in [1.807, 2.05) is 44.5 Å². The number of aromatic nitrogens is 2. The van der Waals surface area contributed by atoms with Crippen LogP contribution in [-0.4, -0.2) is 35.5 Å². The molecule has 32 heavy (non-hydrogen) atoms. The van der Waals surface area contributed by atoms with Gasteiger partial charge in [0.1, 0.15) is 5.69 Å². The molecule has 7 nitrogen and oxygen atoms in total. The highest BCUT2D eigenvalue weighted by Crippen LogP contribution is 2.37. The van der Waals surface area contributed by atoms with Crippen molar-refractivity contribution >= 4 is 32.2 Å². The molecule has 0 saturated heterocycles. The first kappa shape index (κ1) is 22.3. The number of carbonyl (C=O) groups is 1. The number of nitrogens with one attached hydrogen (secondary N) is 2. The number of anilines is 1. The minimum atomic E-state index is -3.47. The van der Waals surface area contributed by atoms with Crippen LogP contribution in [0.2, 0.25) is 0 Å². The lowest BCUT2D eigenvalue weighted by atomic mass is 10.0. The number of aromatic amines is 1. The van der Waals surface area contributed by atoms with Gasteiger partial charge in [0.05, 0.1) is 22.2 Å². The molecule has 1 aliphatic carbocycles. The molecule has 1 fully saturated rings. The number of fused-ring (bicyclic) bond motifs is 1. The minimum absolute atomic E-state index is 0.110. The van der Waals surface area contributed by atoms with Gasteiger partial charge in [-0.15, -0.1) is 0 Å². The van der Waals surface area contributed by atoms with Gasteiger partial charge in [0.15, 0.2) is 15.6 Å². The lowest BCUT2D eigenvalue weighted by Gasteiger charge is -2.14. The number of nitrogens with zero attached hydrogens (tertiary/aromatic N) is 1. The fourth-order valence-corrected chi connectivity index (χ4v) is 5.98. The highest BCUT2D eigenvalue weighted by atomic mass is 32.2. The number of hydrogen-bond acceptors (Lipinski definition) is 5. The molecule has 0 aliphatic heterocycles. The summed E-state index contributed by atoms with van der Waals surface area (Å²) in [5, 5.41) is 3.36. The van der Waals surface area contributed by atoms with Crippen molar-refractivity contribution in [3.63, 3.8) is 0 Å². The average Bonchev–Trinajstić information content (AvgIpc) is 3.51. The largest absolute Gasteiger partial charge is 0.373 e. The van der Waals surface area contributed by atoms with Gasteiger partial charge in [-0.05, 0) is 76.8 Å². The predicted molar refractivity (Wildman–Crippen MR) is 127 cm³/mol. The quantitative estimate of drug-likeness (QED) is 0.523. The molecule has 1 saturated carbocycles. The average molecular weight is 456 g/mol. The fraction of sp³-hybridized carbons (Fsp3) is 0.417. The normalized spacial score (nSPS) is 14.3. The number of pyridine rings is 1. The monoisotopic (exact) mass is 455 g/mol. The number of H-pyrrole nitrogens is 1. The van der Waals surface area contributed by atoms with Crippen LogP contribution in [0.1, 0.15) is 59.9 Å². The van der Waals surface area contributed by atoms with Gasteiger partial charge in [0, 0.05) is 28.9 Å². The Bertz CT molecular complexity index is 1390. The van der Waals surface area contributed by atoms with Crippen LogP contribution < -0.4 is 10.9 Å². The Kier molecular flexibility index (Phi) is 5.53. The molecule has 2 aromatic heterocycles. The second-order valence-corrected chi connectivity index (χ2v) is 11.3. The molecule has 1 aromatic carbocycles. The molecule has 0 radical (unpaired) electrons. The van der Waals surface area contributed by atoms with Gasteiger partial charge in [-0.25, -0.2) is 8.42 Å². The number of hydrogen-bond donors (Lipinski definition) is 2. The van der Waals surface area contributed by atoms with E-state index in [4.69, 9.17) is 0 Å². The van der Waals surface area contributed by atoms with Crippen molar-refractivity contribution in [3.8, 4) is 0 Å². The molecule has 3 aromatic rings. The van der Waals surface area contributed by atoms with Crippen molar-refractivity contribution in [2.75, 3.05) is 11.9 Å². The Morgan fingerprint density at radius 2 is 1.84 bits per heavy atom. The summed E-state index contributed by atoms with van der Waals surface area (Å²) in [7, 11) is -3.47. The first-order valence-electron chi connectivity index (χ1n) is 10.9. The van der Waals surface area contributed by atoms with Crippen molar-refractivity contribution in [3.05, 3.63) is 57.1 Å². The van der Waals surface area contributed by atoms with E-state index >= 15 is 0 Å². The Hall–Kier alpha value is -2.87. The Morgan fingerprint density at radius 3 is 2.44 bits per heavy atom. The highest BCUT2D eigenvalue weighted by molar-refractivity contribution is 7.92. The van der Waals surface area contributed by atoms with Gasteiger partial charge >= 0.3 is 0 Å². The summed E-state index contributed by atoms with van der Waals surface area (Å²) in [6.45, 7) is 9.47. The summed E-state index contributed by atoms with van der Waals surface area (Å²) in [5.41, 5.74) is 3.58. The third-order valence-corrected chi connectivity index (χ3v) is 8.28. The van der Waals surface area contributed by atoms with Crippen LogP contribution in [0.25, 0.3) is 10.9 Å². The number of benzene rings is 1. The number of carbonyl (C=O) groups excluding carboxylic acids is 1. The van der Waals surface area contributed by atoms with Crippen LogP contribution in [0.3, 0.4) is 0 Å². The zero-order valence-corrected chi connectivity index (χ0v) is 19.9. The summed E-state index contributed by atoms with van der Waals surface area (Å²) < 4.78 is 28.0. The Morgan fingerprint density at radius 1 is 1.16 bits per heavy atom. The molecule has 4 rings (SSSR count). The van der Waals surface area contributed by atoms with E-state index < -0.39 is 9.84 Å². The maximum absolute atomic E-state index is 13.3. The second-order valence-electron chi connectivity index (χ2n) is 9.04. The number of sulfone groups is 1. The van der Waals surface area contributed by atoms with E-state index in [9.17, 15) is 18.0 Å². The third-order valence-electron chi connectivity index (χ3n) is 6.04. The molecule has 2 heterocycles. The molecular weight excluding hydrogens is 426 g/mol. The molecule has 0 bridgehead atoms. The summed E-state index contributed by atoms with van der Waals surface area (Å²) in [6.07, 6.45) is 3.28. The summed E-state index contributed by atoms with van der Waals surface area (Å²) >= 11 is 0. The van der Waals surface area contributed by atoms with E-state index in [1.165, 1.54) is 6.07 Å². The smallest absolute Gasteiger partial charge is 0.271 e. The highest BCUT2D eigenvalue weighted by Gasteiger charge is 2.37. The van der Waals surface area contributed by atoms with Crippen LogP contribution in [0.4, 0.5) is 5.69 Å². The standard InChI is InChI=1S/C24H29N3O4S/c1-13(2)27-12-15(4)22-19(9-18(10-20(22)27)32(30,31)17-6-7-17)21(28)11-25-23-14(3)8-16(5)26-24(23)29/h8-10,12-13,17,25H,6-7,11H2,1-5H3,(H,26,29). The van der Waals surface area contributed by atoms with Crippen LogP contribution in [0.15, 0.2) is 34.1 Å². The van der Waals surface area contributed by atoms with Gasteiger partial charge < -0.3 is 14.9 Å². The first-order valence-corrected chi connectivity index (χ1v) is 12.4. The van der Waals surface area contributed by atoms with Crippen molar-refractivity contribution in [2.45, 2.75) is 63.6 Å². The Labute approximate surface area is 187 Å². The summed E-state index contributed by atoms with van der Waals surface area (Å²) in [4.78, 5) is 28.6. The van der Waals surface area contributed by atoms with E-state index in [2.05, 4.69) is 10.3 Å². The lowest BCUT2D eigenvalue weighted by molar-refractivity contribution is 0.101. The third kappa shape index (κ3) is 3.88. The minimum Gasteiger partial charge on any atom is -0.373 e. The van der Waals surface area contributed by atoms with E-state index in [0.29, 0.717) is 24.1 Å². The predicted octanol–water partition coefficient (Wildman–Crippen LogP) is 4.07. The lowest BCUT2D eigenvalue weighted by Crippen LogP contribution is -2.22. The van der Waals surface area contributed by atoms with Crippen LogP contribution in [0.5, 0.6) is 0 Å². The van der Waals surface area contributed by atoms with Crippen molar-refractivity contribution < 1.29 is 13.2 Å². The summed E-state index contributed by atoms with van der Waals surface area (Å²) in [5.74, 6) is -0.258. The second kappa shape index (κ2) is 7.92. The number of aryl methyl sites for hydroxylation is 3. The van der Waals surface area contributed by atoms with Gasteiger partial charge in [0.25, 0.3) is 5.56 Å². The molecule has 170 valence electrons. The molecule has 0 spiro atoms. The molecule has 0 amide bonds. The van der Waals surface area contributed by atoms with Crippen LogP contribution >= 0.6 is 0 Å². The number of ketones is 1. The van der Waals surface area contributed by atoms with Crippen molar-refractivity contribution in [2.24, 2.45) is 0 Å². The number of rotatable bonds is 7. The molecule has 0 atom stereocenters.